The smallest absolute Gasteiger partial charge is 0.256 e. The second kappa shape index (κ2) is 6.12. The number of aryl methyl sites for hydroxylation is 1. The van der Waals surface area contributed by atoms with Crippen molar-refractivity contribution >= 4 is 22.5 Å². The van der Waals surface area contributed by atoms with E-state index in [0.717, 1.165) is 16.5 Å². The number of pyridine rings is 1. The van der Waals surface area contributed by atoms with Gasteiger partial charge in [-0.15, -0.1) is 5.10 Å². The van der Waals surface area contributed by atoms with Crippen molar-refractivity contribution in [2.45, 2.75) is 0 Å². The van der Waals surface area contributed by atoms with Crippen molar-refractivity contribution < 1.29 is 4.79 Å². The molecule has 4 rings (SSSR count). The van der Waals surface area contributed by atoms with E-state index in [0.29, 0.717) is 17.1 Å². The molecule has 0 atom stereocenters. The van der Waals surface area contributed by atoms with E-state index in [9.17, 15) is 4.79 Å². The fraction of sp³-hybridized carbons (Fsp3) is 0.0556. The summed E-state index contributed by atoms with van der Waals surface area (Å²) >= 11 is 0. The summed E-state index contributed by atoms with van der Waals surface area (Å²) in [4.78, 5) is 17.0. The molecule has 4 aromatic rings. The number of carbonyl (C=O) groups excluding carboxylic acids is 1. The third-order valence-electron chi connectivity index (χ3n) is 3.89. The summed E-state index contributed by atoms with van der Waals surface area (Å²) < 4.78 is 1.58. The Morgan fingerprint density at radius 2 is 1.96 bits per heavy atom. The van der Waals surface area contributed by atoms with Crippen LogP contribution < -0.4 is 5.32 Å². The highest BCUT2D eigenvalue weighted by Crippen LogP contribution is 2.22. The Kier molecular flexibility index (Phi) is 3.66. The molecule has 122 valence electrons. The highest BCUT2D eigenvalue weighted by Gasteiger charge is 2.12. The van der Waals surface area contributed by atoms with E-state index >= 15 is 0 Å². The van der Waals surface area contributed by atoms with Crippen LogP contribution in [0.4, 0.5) is 5.69 Å². The Morgan fingerprint density at radius 1 is 1.08 bits per heavy atom. The fourth-order valence-electron chi connectivity index (χ4n) is 2.71. The van der Waals surface area contributed by atoms with Gasteiger partial charge in [-0.3, -0.25) is 9.78 Å². The van der Waals surface area contributed by atoms with E-state index in [1.165, 1.54) is 0 Å². The van der Waals surface area contributed by atoms with Gasteiger partial charge in [-0.25, -0.2) is 4.68 Å². The topological polar surface area (TPSA) is 85.6 Å². The van der Waals surface area contributed by atoms with Crippen LogP contribution in [0.25, 0.3) is 22.3 Å². The molecule has 0 aliphatic rings. The number of nitrogens with one attached hydrogen (secondary N) is 1. The zero-order valence-corrected chi connectivity index (χ0v) is 13.4. The van der Waals surface area contributed by atoms with E-state index in [2.05, 4.69) is 25.8 Å². The van der Waals surface area contributed by atoms with Gasteiger partial charge in [-0.2, -0.15) is 0 Å². The Balaban J connectivity index is 1.66. The first kappa shape index (κ1) is 14.9. The quantitative estimate of drug-likeness (QED) is 0.624. The van der Waals surface area contributed by atoms with Crippen LogP contribution in [0.2, 0.25) is 0 Å². The molecule has 2 heterocycles. The molecule has 0 aliphatic heterocycles. The SMILES string of the molecule is Cn1nnnc1-c1cccc(NC(=O)c2cccc3ncccc23)c1. The maximum atomic E-state index is 12.7. The number of aromatic nitrogens is 5. The third-order valence-corrected chi connectivity index (χ3v) is 3.89. The second-order valence-corrected chi connectivity index (χ2v) is 5.54. The minimum absolute atomic E-state index is 0.188. The standard InChI is InChI=1S/C18H14N6O/c1-24-17(21-22-23-24)12-5-2-6-13(11-12)20-18(25)15-7-3-9-16-14(15)8-4-10-19-16/h2-11H,1H3,(H,20,25). The van der Waals surface area contributed by atoms with Crippen LogP contribution in [-0.4, -0.2) is 31.1 Å². The lowest BCUT2D eigenvalue weighted by Crippen LogP contribution is -2.12. The summed E-state index contributed by atoms with van der Waals surface area (Å²) in [5.41, 5.74) is 2.86. The van der Waals surface area contributed by atoms with Gasteiger partial charge in [0.05, 0.1) is 5.52 Å². The first-order valence-electron chi connectivity index (χ1n) is 7.70. The molecule has 1 amide bonds. The number of rotatable bonds is 3. The summed E-state index contributed by atoms with van der Waals surface area (Å²) in [6.45, 7) is 0. The Bertz CT molecular complexity index is 1070. The molecule has 25 heavy (non-hydrogen) atoms. The van der Waals surface area contributed by atoms with Gasteiger partial charge < -0.3 is 5.32 Å². The number of fused-ring (bicyclic) bond motifs is 1. The van der Waals surface area contributed by atoms with E-state index in [1.807, 2.05) is 48.5 Å². The Labute approximate surface area is 143 Å². The van der Waals surface area contributed by atoms with Gasteiger partial charge in [0.15, 0.2) is 5.82 Å². The molecule has 0 spiro atoms. The molecule has 2 aromatic heterocycles. The third kappa shape index (κ3) is 2.83. The number of nitrogens with zero attached hydrogens (tertiary/aromatic N) is 5. The number of amides is 1. The predicted octanol–water partition coefficient (Wildman–Crippen LogP) is 2.68. The molecule has 0 radical (unpaired) electrons. The van der Waals surface area contributed by atoms with E-state index in [-0.39, 0.29) is 5.91 Å². The molecule has 0 saturated heterocycles. The second-order valence-electron chi connectivity index (χ2n) is 5.54. The molecule has 0 aliphatic carbocycles. The maximum absolute atomic E-state index is 12.7. The van der Waals surface area contributed by atoms with E-state index in [4.69, 9.17) is 0 Å². The van der Waals surface area contributed by atoms with Gasteiger partial charge >= 0.3 is 0 Å². The van der Waals surface area contributed by atoms with Gasteiger partial charge in [0, 0.05) is 35.4 Å². The minimum Gasteiger partial charge on any atom is -0.322 e. The fourth-order valence-corrected chi connectivity index (χ4v) is 2.71. The van der Waals surface area contributed by atoms with Gasteiger partial charge in [0.25, 0.3) is 5.91 Å². The number of hydrogen-bond donors (Lipinski definition) is 1. The van der Waals surface area contributed by atoms with Crippen LogP contribution in [0.1, 0.15) is 10.4 Å². The molecule has 0 saturated carbocycles. The number of hydrogen-bond acceptors (Lipinski definition) is 5. The van der Waals surface area contributed by atoms with Crippen molar-refractivity contribution in [1.29, 1.82) is 0 Å². The molecular weight excluding hydrogens is 316 g/mol. The van der Waals surface area contributed by atoms with Gasteiger partial charge in [0.1, 0.15) is 0 Å². The Morgan fingerprint density at radius 3 is 2.80 bits per heavy atom. The average Bonchev–Trinajstić information content (AvgIpc) is 3.07. The number of benzene rings is 2. The van der Waals surface area contributed by atoms with Crippen molar-refractivity contribution in [2.75, 3.05) is 5.32 Å². The maximum Gasteiger partial charge on any atom is 0.256 e. The molecule has 0 bridgehead atoms. The lowest BCUT2D eigenvalue weighted by Gasteiger charge is -2.09. The van der Waals surface area contributed by atoms with Gasteiger partial charge in [-0.05, 0) is 40.8 Å². The molecule has 0 unspecified atom stereocenters. The van der Waals surface area contributed by atoms with Crippen LogP contribution in [0.3, 0.4) is 0 Å². The van der Waals surface area contributed by atoms with Gasteiger partial charge in [-0.1, -0.05) is 24.3 Å². The number of carbonyl (C=O) groups is 1. The number of anilines is 1. The summed E-state index contributed by atoms with van der Waals surface area (Å²) in [5, 5.41) is 15.2. The summed E-state index contributed by atoms with van der Waals surface area (Å²) in [5.74, 6) is 0.442. The van der Waals surface area contributed by atoms with E-state index < -0.39 is 0 Å². The predicted molar refractivity (Wildman–Crippen MR) is 93.9 cm³/mol. The largest absolute Gasteiger partial charge is 0.322 e. The van der Waals surface area contributed by atoms with Crippen molar-refractivity contribution in [3.8, 4) is 11.4 Å². The number of tetrazole rings is 1. The lowest BCUT2D eigenvalue weighted by molar-refractivity contribution is 0.102. The average molecular weight is 330 g/mol. The zero-order chi connectivity index (χ0) is 17.2. The summed E-state index contributed by atoms with van der Waals surface area (Å²) in [7, 11) is 1.77. The van der Waals surface area contributed by atoms with Crippen LogP contribution in [-0.2, 0) is 7.05 Å². The minimum atomic E-state index is -0.188. The lowest BCUT2D eigenvalue weighted by atomic mass is 10.1. The first-order chi connectivity index (χ1) is 12.2. The van der Waals surface area contributed by atoms with Crippen LogP contribution in [0.5, 0.6) is 0 Å². The molecule has 2 aromatic carbocycles. The first-order valence-corrected chi connectivity index (χ1v) is 7.70. The molecule has 7 heteroatoms. The molecule has 1 N–H and O–H groups in total. The van der Waals surface area contributed by atoms with Crippen molar-refractivity contribution in [2.24, 2.45) is 7.05 Å². The normalized spacial score (nSPS) is 10.8. The summed E-state index contributed by atoms with van der Waals surface area (Å²) in [6.07, 6.45) is 1.71. The summed E-state index contributed by atoms with van der Waals surface area (Å²) in [6, 6.07) is 16.6. The van der Waals surface area contributed by atoms with Crippen LogP contribution in [0.15, 0.2) is 60.8 Å². The molecular formula is C18H14N6O. The highest BCUT2D eigenvalue weighted by molar-refractivity contribution is 6.12. The van der Waals surface area contributed by atoms with E-state index in [1.54, 1.807) is 24.0 Å². The molecule has 0 fully saturated rings. The van der Waals surface area contributed by atoms with Crippen molar-refractivity contribution in [3.05, 3.63) is 66.4 Å². The monoisotopic (exact) mass is 330 g/mol. The highest BCUT2D eigenvalue weighted by atomic mass is 16.1. The van der Waals surface area contributed by atoms with Crippen molar-refractivity contribution in [1.82, 2.24) is 25.2 Å². The zero-order valence-electron chi connectivity index (χ0n) is 13.4. The van der Waals surface area contributed by atoms with Crippen LogP contribution in [0, 0.1) is 0 Å². The van der Waals surface area contributed by atoms with Gasteiger partial charge in [0.2, 0.25) is 0 Å². The van der Waals surface area contributed by atoms with Crippen LogP contribution >= 0.6 is 0 Å². The van der Waals surface area contributed by atoms with Crippen molar-refractivity contribution in [3.63, 3.8) is 0 Å². The Hall–Kier alpha value is -3.61. The molecule has 7 nitrogen and oxygen atoms in total.